The summed E-state index contributed by atoms with van der Waals surface area (Å²) in [6.07, 6.45) is 4.50. The van der Waals surface area contributed by atoms with Gasteiger partial charge in [0.1, 0.15) is 12.0 Å². The van der Waals surface area contributed by atoms with E-state index in [-0.39, 0.29) is 6.61 Å². The lowest BCUT2D eigenvalue weighted by Gasteiger charge is -2.00. The summed E-state index contributed by atoms with van der Waals surface area (Å²) < 4.78 is 4.84. The first kappa shape index (κ1) is 7.94. The van der Waals surface area contributed by atoms with Crippen LogP contribution >= 0.6 is 0 Å². The Hall–Kier alpha value is -1.68. The maximum absolute atomic E-state index is 9.02. The molecule has 0 fully saturated rings. The van der Waals surface area contributed by atoms with Crippen molar-refractivity contribution >= 4 is 0 Å². The highest BCUT2D eigenvalue weighted by atomic mass is 16.3. The number of nitrogens with zero attached hydrogens (tertiary/aromatic N) is 2. The molecule has 1 N–H and O–H groups in total. The molecule has 66 valence electrons. The summed E-state index contributed by atoms with van der Waals surface area (Å²) in [6, 6.07) is 3.58. The van der Waals surface area contributed by atoms with Crippen LogP contribution in [0, 0.1) is 0 Å². The van der Waals surface area contributed by atoms with Crippen LogP contribution in [0.4, 0.5) is 0 Å². The Bertz CT molecular complexity index is 384. The Morgan fingerprint density at radius 2 is 2.31 bits per heavy atom. The first-order valence-electron chi connectivity index (χ1n) is 3.85. The Balaban J connectivity index is 2.51. The summed E-state index contributed by atoms with van der Waals surface area (Å²) in [6.45, 7) is -0.0456. The zero-order valence-corrected chi connectivity index (χ0v) is 6.84. The van der Waals surface area contributed by atoms with E-state index in [1.807, 2.05) is 0 Å². The van der Waals surface area contributed by atoms with Crippen molar-refractivity contribution in [3.63, 3.8) is 0 Å². The Morgan fingerprint density at radius 3 is 3.00 bits per heavy atom. The van der Waals surface area contributed by atoms with E-state index in [1.165, 1.54) is 12.7 Å². The molecular weight excluding hydrogens is 168 g/mol. The van der Waals surface area contributed by atoms with E-state index in [4.69, 9.17) is 9.52 Å². The molecule has 2 aromatic rings. The number of pyridine rings is 1. The number of aliphatic hydroxyl groups is 1. The summed E-state index contributed by atoms with van der Waals surface area (Å²) in [5.41, 5.74) is 2.06. The van der Waals surface area contributed by atoms with Gasteiger partial charge in [0.25, 0.3) is 0 Å². The van der Waals surface area contributed by atoms with E-state index < -0.39 is 0 Å². The van der Waals surface area contributed by atoms with Gasteiger partial charge in [-0.25, -0.2) is 4.98 Å². The second-order valence-corrected chi connectivity index (χ2v) is 2.54. The van der Waals surface area contributed by atoms with Gasteiger partial charge >= 0.3 is 0 Å². The van der Waals surface area contributed by atoms with E-state index in [0.29, 0.717) is 11.4 Å². The van der Waals surface area contributed by atoms with Crippen molar-refractivity contribution in [2.75, 3.05) is 0 Å². The first-order valence-corrected chi connectivity index (χ1v) is 3.85. The van der Waals surface area contributed by atoms with Gasteiger partial charge in [-0.1, -0.05) is 6.07 Å². The lowest BCUT2D eigenvalue weighted by molar-refractivity contribution is 0.282. The van der Waals surface area contributed by atoms with Crippen molar-refractivity contribution in [1.82, 2.24) is 9.97 Å². The third-order valence-corrected chi connectivity index (χ3v) is 1.74. The SMILES string of the molecule is OCc1cccnc1-c1cocn1. The zero-order valence-electron chi connectivity index (χ0n) is 6.84. The van der Waals surface area contributed by atoms with Crippen LogP contribution in [-0.4, -0.2) is 15.1 Å². The average Bonchev–Trinajstić information content (AvgIpc) is 2.70. The quantitative estimate of drug-likeness (QED) is 0.747. The molecule has 0 radical (unpaired) electrons. The number of hydrogen-bond donors (Lipinski definition) is 1. The van der Waals surface area contributed by atoms with Crippen LogP contribution in [-0.2, 0) is 6.61 Å². The molecule has 0 atom stereocenters. The van der Waals surface area contributed by atoms with Crippen LogP contribution in [0.15, 0.2) is 35.4 Å². The van der Waals surface area contributed by atoms with Crippen molar-refractivity contribution in [3.05, 3.63) is 36.5 Å². The highest BCUT2D eigenvalue weighted by Gasteiger charge is 2.06. The van der Waals surface area contributed by atoms with Gasteiger partial charge in [0.2, 0.25) is 0 Å². The van der Waals surface area contributed by atoms with Crippen molar-refractivity contribution in [3.8, 4) is 11.4 Å². The van der Waals surface area contributed by atoms with Crippen molar-refractivity contribution in [1.29, 1.82) is 0 Å². The number of aromatic nitrogens is 2. The van der Waals surface area contributed by atoms with Crippen LogP contribution < -0.4 is 0 Å². The minimum Gasteiger partial charge on any atom is -0.451 e. The molecule has 0 saturated carbocycles. The third kappa shape index (κ3) is 1.43. The maximum Gasteiger partial charge on any atom is 0.181 e. The average molecular weight is 176 g/mol. The van der Waals surface area contributed by atoms with Gasteiger partial charge in [0.15, 0.2) is 6.39 Å². The Kier molecular flexibility index (Phi) is 2.06. The Morgan fingerprint density at radius 1 is 1.38 bits per heavy atom. The molecule has 0 spiro atoms. The molecule has 13 heavy (non-hydrogen) atoms. The van der Waals surface area contributed by atoms with E-state index in [0.717, 1.165) is 5.56 Å². The molecule has 0 aliphatic heterocycles. The van der Waals surface area contributed by atoms with Gasteiger partial charge in [-0.05, 0) is 6.07 Å². The lowest BCUT2D eigenvalue weighted by atomic mass is 10.2. The van der Waals surface area contributed by atoms with E-state index in [9.17, 15) is 0 Å². The monoisotopic (exact) mass is 176 g/mol. The third-order valence-electron chi connectivity index (χ3n) is 1.74. The molecule has 0 unspecified atom stereocenters. The minimum atomic E-state index is -0.0456. The minimum absolute atomic E-state index is 0.0456. The van der Waals surface area contributed by atoms with Crippen LogP contribution in [0.5, 0.6) is 0 Å². The van der Waals surface area contributed by atoms with Gasteiger partial charge < -0.3 is 9.52 Å². The zero-order chi connectivity index (χ0) is 9.10. The first-order chi connectivity index (χ1) is 6.42. The number of aliphatic hydroxyl groups excluding tert-OH is 1. The molecule has 2 rings (SSSR count). The van der Waals surface area contributed by atoms with Crippen molar-refractivity contribution in [2.24, 2.45) is 0 Å². The molecule has 2 heterocycles. The van der Waals surface area contributed by atoms with E-state index >= 15 is 0 Å². The molecule has 0 amide bonds. The summed E-state index contributed by atoms with van der Waals surface area (Å²) in [5.74, 6) is 0. The Labute approximate surface area is 74.9 Å². The molecule has 4 nitrogen and oxygen atoms in total. The summed E-state index contributed by atoms with van der Waals surface area (Å²) >= 11 is 0. The van der Waals surface area contributed by atoms with Gasteiger partial charge in [0, 0.05) is 11.8 Å². The van der Waals surface area contributed by atoms with Gasteiger partial charge in [-0.2, -0.15) is 0 Å². The molecular formula is C9H8N2O2. The molecule has 2 aromatic heterocycles. The molecule has 4 heteroatoms. The van der Waals surface area contributed by atoms with E-state index in [2.05, 4.69) is 9.97 Å². The summed E-state index contributed by atoms with van der Waals surface area (Å²) in [7, 11) is 0. The topological polar surface area (TPSA) is 59.2 Å². The van der Waals surface area contributed by atoms with E-state index in [1.54, 1.807) is 18.3 Å². The van der Waals surface area contributed by atoms with Gasteiger partial charge in [-0.3, -0.25) is 4.98 Å². The largest absolute Gasteiger partial charge is 0.451 e. The molecule has 0 bridgehead atoms. The standard InChI is InChI=1S/C9H8N2O2/c12-4-7-2-1-3-10-9(7)8-5-13-6-11-8/h1-3,5-6,12H,4H2. The molecule has 0 saturated heterocycles. The highest BCUT2D eigenvalue weighted by molar-refractivity contribution is 5.56. The summed E-state index contributed by atoms with van der Waals surface area (Å²) in [5, 5.41) is 9.02. The van der Waals surface area contributed by atoms with Crippen LogP contribution in [0.2, 0.25) is 0 Å². The van der Waals surface area contributed by atoms with Gasteiger partial charge in [-0.15, -0.1) is 0 Å². The fourth-order valence-electron chi connectivity index (χ4n) is 1.13. The molecule has 0 aromatic carbocycles. The predicted molar refractivity (Wildman–Crippen MR) is 45.7 cm³/mol. The normalized spacial score (nSPS) is 10.2. The van der Waals surface area contributed by atoms with Gasteiger partial charge in [0.05, 0.1) is 12.3 Å². The second kappa shape index (κ2) is 3.37. The molecule has 0 aliphatic carbocycles. The van der Waals surface area contributed by atoms with Crippen LogP contribution in [0.25, 0.3) is 11.4 Å². The van der Waals surface area contributed by atoms with Crippen molar-refractivity contribution < 1.29 is 9.52 Å². The fourth-order valence-corrected chi connectivity index (χ4v) is 1.13. The summed E-state index contributed by atoms with van der Waals surface area (Å²) in [4.78, 5) is 8.06. The highest BCUT2D eigenvalue weighted by Crippen LogP contribution is 2.18. The number of hydrogen-bond acceptors (Lipinski definition) is 4. The van der Waals surface area contributed by atoms with Crippen molar-refractivity contribution in [2.45, 2.75) is 6.61 Å². The smallest absolute Gasteiger partial charge is 0.181 e. The number of rotatable bonds is 2. The molecule has 0 aliphatic rings. The van der Waals surface area contributed by atoms with Crippen LogP contribution in [0.1, 0.15) is 5.56 Å². The predicted octanol–water partition coefficient (Wildman–Crippen LogP) is 1.23. The number of oxazole rings is 1. The fraction of sp³-hybridized carbons (Fsp3) is 0.111. The van der Waals surface area contributed by atoms with Crippen LogP contribution in [0.3, 0.4) is 0 Å². The maximum atomic E-state index is 9.02. The second-order valence-electron chi connectivity index (χ2n) is 2.54. The lowest BCUT2D eigenvalue weighted by Crippen LogP contribution is -1.91.